The maximum Gasteiger partial charge on any atom is 0.320 e. The zero-order chi connectivity index (χ0) is 28.1. The first-order chi connectivity index (χ1) is 19.9. The van der Waals surface area contributed by atoms with Crippen LogP contribution < -0.4 is 10.2 Å². The van der Waals surface area contributed by atoms with Crippen molar-refractivity contribution in [2.24, 2.45) is 0 Å². The molecule has 2 atom stereocenters. The molecule has 2 unspecified atom stereocenters. The van der Waals surface area contributed by atoms with Gasteiger partial charge in [-0.25, -0.2) is 9.31 Å². The molecule has 41 heavy (non-hydrogen) atoms. The number of aromatic nitrogens is 5. The highest BCUT2D eigenvalue weighted by atomic mass is 32.2. The summed E-state index contributed by atoms with van der Waals surface area (Å²) in [5.74, 6) is 0.549. The van der Waals surface area contributed by atoms with Crippen LogP contribution >= 0.6 is 11.8 Å². The summed E-state index contributed by atoms with van der Waals surface area (Å²) >= 11 is 1.84. The summed E-state index contributed by atoms with van der Waals surface area (Å²) in [7, 11) is 2.08. The van der Waals surface area contributed by atoms with E-state index >= 15 is 0 Å². The molecular weight excluding hydrogens is 542 g/mol. The first kappa shape index (κ1) is 26.4. The topological polar surface area (TPSA) is 110 Å². The number of carbonyl (C=O) groups excluding carboxylic acids is 2. The van der Waals surface area contributed by atoms with Gasteiger partial charge in [-0.2, -0.15) is 21.8 Å². The highest BCUT2D eigenvalue weighted by Gasteiger charge is 2.46. The summed E-state index contributed by atoms with van der Waals surface area (Å²) in [5.41, 5.74) is 2.53. The number of urea groups is 1. The third-order valence-electron chi connectivity index (χ3n) is 8.88. The molecule has 13 nitrogen and oxygen atoms in total. The van der Waals surface area contributed by atoms with Crippen LogP contribution in [0.15, 0.2) is 30.7 Å². The number of hydrogen-bond donors (Lipinski definition) is 1. The lowest BCUT2D eigenvalue weighted by Crippen LogP contribution is -2.63. The van der Waals surface area contributed by atoms with E-state index < -0.39 is 0 Å². The Bertz CT molecular complexity index is 1410. The number of likely N-dealkylation sites (tertiary alicyclic amines) is 1. The summed E-state index contributed by atoms with van der Waals surface area (Å²) in [5, 5.41) is 12.8. The molecule has 0 aliphatic carbocycles. The number of thioether (sulfide) groups is 1. The molecule has 218 valence electrons. The fourth-order valence-electron chi connectivity index (χ4n) is 6.45. The molecule has 2 bridgehead atoms. The molecule has 14 heteroatoms. The molecule has 7 rings (SSSR count). The minimum Gasteiger partial charge on any atom is -0.364 e. The molecule has 0 saturated carbocycles. The van der Waals surface area contributed by atoms with Crippen LogP contribution in [-0.4, -0.2) is 139 Å². The van der Waals surface area contributed by atoms with Crippen LogP contribution in [0.1, 0.15) is 12.8 Å². The lowest BCUT2D eigenvalue weighted by atomic mass is 10.1. The van der Waals surface area contributed by atoms with Crippen molar-refractivity contribution in [2.75, 3.05) is 75.9 Å². The van der Waals surface area contributed by atoms with E-state index in [0.717, 1.165) is 82.2 Å². The van der Waals surface area contributed by atoms with Crippen LogP contribution in [-0.2, 0) is 11.3 Å². The molecule has 7 heterocycles. The Morgan fingerprint density at radius 3 is 2.54 bits per heavy atom. The Morgan fingerprint density at radius 1 is 1.05 bits per heavy atom. The Kier molecular flexibility index (Phi) is 6.89. The van der Waals surface area contributed by atoms with E-state index in [1.165, 1.54) is 0 Å². The molecule has 3 aromatic heterocycles. The number of nitrogens with zero attached hydrogens (tertiary/aromatic N) is 10. The van der Waals surface area contributed by atoms with Gasteiger partial charge in [-0.1, -0.05) is 0 Å². The number of hydrogen-bond acceptors (Lipinski definition) is 9. The molecule has 0 spiro atoms. The Balaban J connectivity index is 1.01. The number of fused-ring (bicyclic) bond motifs is 3. The van der Waals surface area contributed by atoms with E-state index in [1.807, 2.05) is 40.0 Å². The number of nitrogens with one attached hydrogen (secondary N) is 1. The Labute approximate surface area is 243 Å². The number of carbonyl (C=O) groups is 2. The van der Waals surface area contributed by atoms with Gasteiger partial charge in [-0.05, 0) is 38.3 Å². The SMILES string of the molecule is CSC1CN(C(=O)N2C3CCC2CN(c2cccn4nc(Nc5cnn(CC(=O)N6CCN(C)CC6)c5)nc24)C3)C1. The number of piperazine rings is 2. The first-order valence-electron chi connectivity index (χ1n) is 14.4. The zero-order valence-corrected chi connectivity index (χ0v) is 24.4. The minimum absolute atomic E-state index is 0.0769. The molecule has 4 aliphatic heterocycles. The van der Waals surface area contributed by atoms with Crippen LogP contribution in [0.4, 0.5) is 22.1 Å². The van der Waals surface area contributed by atoms with Crippen LogP contribution in [0, 0.1) is 0 Å². The zero-order valence-electron chi connectivity index (χ0n) is 23.6. The second-order valence-corrected chi connectivity index (χ2v) is 12.7. The van der Waals surface area contributed by atoms with Gasteiger partial charge in [-0.15, -0.1) is 5.10 Å². The van der Waals surface area contributed by atoms with Crippen molar-refractivity contribution in [3.63, 3.8) is 0 Å². The Morgan fingerprint density at radius 2 is 1.80 bits per heavy atom. The number of anilines is 3. The van der Waals surface area contributed by atoms with Crippen LogP contribution in [0.25, 0.3) is 5.65 Å². The maximum atomic E-state index is 13.2. The highest BCUT2D eigenvalue weighted by molar-refractivity contribution is 7.99. The number of likely N-dealkylation sites (N-methyl/N-ethyl adjacent to an activating group) is 1. The molecular formula is C27H37N11O2S. The largest absolute Gasteiger partial charge is 0.364 e. The van der Waals surface area contributed by atoms with Crippen molar-refractivity contribution >= 4 is 46.7 Å². The predicted molar refractivity (Wildman–Crippen MR) is 158 cm³/mol. The third-order valence-corrected chi connectivity index (χ3v) is 9.84. The van der Waals surface area contributed by atoms with E-state index in [0.29, 0.717) is 11.2 Å². The molecule has 0 aromatic carbocycles. The van der Waals surface area contributed by atoms with E-state index in [2.05, 4.69) is 49.6 Å². The predicted octanol–water partition coefficient (Wildman–Crippen LogP) is 1.26. The maximum absolute atomic E-state index is 13.2. The van der Waals surface area contributed by atoms with Crippen molar-refractivity contribution < 1.29 is 9.59 Å². The number of pyridine rings is 1. The normalized spacial score (nSPS) is 23.4. The van der Waals surface area contributed by atoms with Crippen molar-refractivity contribution in [1.82, 2.24) is 44.0 Å². The lowest BCUT2D eigenvalue weighted by Gasteiger charge is -2.47. The van der Waals surface area contributed by atoms with Crippen molar-refractivity contribution in [2.45, 2.75) is 36.7 Å². The summed E-state index contributed by atoms with van der Waals surface area (Å²) in [6.45, 7) is 6.81. The van der Waals surface area contributed by atoms with Crippen LogP contribution in [0.5, 0.6) is 0 Å². The minimum atomic E-state index is 0.0769. The molecule has 0 radical (unpaired) electrons. The number of amides is 3. The number of rotatable bonds is 6. The summed E-state index contributed by atoms with van der Waals surface area (Å²) in [6.07, 6.45) is 9.60. The average molecular weight is 580 g/mol. The summed E-state index contributed by atoms with van der Waals surface area (Å²) in [6, 6.07) is 4.72. The second kappa shape index (κ2) is 10.7. The van der Waals surface area contributed by atoms with E-state index in [-0.39, 0.29) is 30.6 Å². The van der Waals surface area contributed by atoms with E-state index in [9.17, 15) is 9.59 Å². The standard InChI is InChI=1S/C27H37N11O2S/c1-32-8-10-33(11-9-32)24(39)18-36-13-19(12-28-36)29-26-30-25-23(4-3-7-37(25)31-26)34-14-20-5-6-21(15-34)38(20)27(40)35-16-22(17-35)41-2/h3-4,7,12-13,20-22H,5-6,8-11,14-18H2,1-2H3,(H,29,31). The van der Waals surface area contributed by atoms with Gasteiger partial charge in [0.1, 0.15) is 6.54 Å². The van der Waals surface area contributed by atoms with Gasteiger partial charge in [0.15, 0.2) is 5.65 Å². The second-order valence-electron chi connectivity index (χ2n) is 11.6. The van der Waals surface area contributed by atoms with E-state index in [4.69, 9.17) is 4.98 Å². The van der Waals surface area contributed by atoms with Crippen LogP contribution in [0.2, 0.25) is 0 Å². The van der Waals surface area contributed by atoms with Gasteiger partial charge in [0.05, 0.1) is 29.7 Å². The van der Waals surface area contributed by atoms with Gasteiger partial charge in [0.25, 0.3) is 0 Å². The van der Waals surface area contributed by atoms with Gasteiger partial charge >= 0.3 is 6.03 Å². The monoisotopic (exact) mass is 579 g/mol. The summed E-state index contributed by atoms with van der Waals surface area (Å²) in [4.78, 5) is 41.4. The van der Waals surface area contributed by atoms with Gasteiger partial charge in [0, 0.05) is 70.0 Å². The molecule has 4 fully saturated rings. The molecule has 3 amide bonds. The lowest BCUT2D eigenvalue weighted by molar-refractivity contribution is -0.133. The Hall–Kier alpha value is -3.52. The van der Waals surface area contributed by atoms with Crippen LogP contribution in [0.3, 0.4) is 0 Å². The first-order valence-corrected chi connectivity index (χ1v) is 15.7. The molecule has 4 aliphatic rings. The third kappa shape index (κ3) is 5.07. The van der Waals surface area contributed by atoms with Crippen molar-refractivity contribution in [3.8, 4) is 0 Å². The highest BCUT2D eigenvalue weighted by Crippen LogP contribution is 2.36. The molecule has 4 saturated heterocycles. The van der Waals surface area contributed by atoms with Gasteiger partial charge in [0.2, 0.25) is 11.9 Å². The average Bonchev–Trinajstić information content (AvgIpc) is 3.63. The fourth-order valence-corrected chi connectivity index (χ4v) is 7.11. The quantitative estimate of drug-likeness (QED) is 0.462. The molecule has 3 aromatic rings. The fraction of sp³-hybridized carbons (Fsp3) is 0.593. The van der Waals surface area contributed by atoms with Gasteiger partial charge < -0.3 is 29.8 Å². The smallest absolute Gasteiger partial charge is 0.320 e. The summed E-state index contributed by atoms with van der Waals surface area (Å²) < 4.78 is 3.45. The van der Waals surface area contributed by atoms with Gasteiger partial charge in [-0.3, -0.25) is 9.48 Å². The van der Waals surface area contributed by atoms with Crippen molar-refractivity contribution in [1.29, 1.82) is 0 Å². The van der Waals surface area contributed by atoms with Crippen molar-refractivity contribution in [3.05, 3.63) is 30.7 Å². The van der Waals surface area contributed by atoms with E-state index in [1.54, 1.807) is 15.4 Å². The molecule has 1 N–H and O–H groups in total.